The molecule has 14 nitrogen and oxygen atoms in total. The molecular weight excluding hydrogens is 807 g/mol. The number of nitrogens with one attached hydrogen (secondary N) is 1. The number of benzene rings is 2. The molecule has 328 valence electrons. The lowest BCUT2D eigenvalue weighted by atomic mass is 9.99. The molecule has 0 aromatic heterocycles. The molecule has 0 spiro atoms. The number of rotatable bonds is 11. The minimum Gasteiger partial charge on any atom is -0.459 e. The monoisotopic (exact) mass is 861 g/mol. The maximum atomic E-state index is 14.2. The van der Waals surface area contributed by atoms with Crippen molar-refractivity contribution < 1.29 is 46.6 Å². The van der Waals surface area contributed by atoms with Crippen LogP contribution in [0.3, 0.4) is 0 Å². The van der Waals surface area contributed by atoms with Gasteiger partial charge in [0.05, 0.1) is 22.9 Å². The molecule has 0 bridgehead atoms. The molecule has 0 unspecified atom stereocenters. The van der Waals surface area contributed by atoms with E-state index in [2.05, 4.69) is 17.1 Å². The van der Waals surface area contributed by atoms with Crippen molar-refractivity contribution >= 4 is 52.9 Å². The third kappa shape index (κ3) is 11.1. The number of likely N-dealkylation sites (tertiary alicyclic amines) is 2. The number of piperazine rings is 1. The van der Waals surface area contributed by atoms with Crippen molar-refractivity contribution in [2.75, 3.05) is 76.6 Å². The SMILES string of the molecule is CCCCCCOC(=O)C(=O)N1CCN(C2CCN(C(=O)[C@@H](Cc3cc(Cl)c(N)c(C(F)(F)F)c3)OC(=O)N3CCC(N4CCc5ccccc5NC4=O)CC3)CC2)CC1. The van der Waals surface area contributed by atoms with E-state index >= 15 is 0 Å². The van der Waals surface area contributed by atoms with E-state index in [0.717, 1.165) is 43.0 Å². The lowest BCUT2D eigenvalue weighted by molar-refractivity contribution is -0.161. The fraction of sp³-hybridized carbons (Fsp3) is 0.595. The molecule has 60 heavy (non-hydrogen) atoms. The van der Waals surface area contributed by atoms with Crippen molar-refractivity contribution in [1.82, 2.24) is 24.5 Å². The van der Waals surface area contributed by atoms with Gasteiger partial charge < -0.3 is 40.1 Å². The van der Waals surface area contributed by atoms with Gasteiger partial charge in [0.25, 0.3) is 5.91 Å². The van der Waals surface area contributed by atoms with Gasteiger partial charge in [-0.25, -0.2) is 14.4 Å². The number of piperidine rings is 2. The number of hydrogen-bond acceptors (Lipinski definition) is 9. The van der Waals surface area contributed by atoms with Gasteiger partial charge in [-0.05, 0) is 67.9 Å². The van der Waals surface area contributed by atoms with Crippen molar-refractivity contribution in [3.8, 4) is 0 Å². The van der Waals surface area contributed by atoms with Crippen molar-refractivity contribution in [1.29, 1.82) is 0 Å². The number of anilines is 2. The molecule has 0 aliphatic carbocycles. The second kappa shape index (κ2) is 20.2. The number of esters is 1. The van der Waals surface area contributed by atoms with Crippen LogP contribution in [-0.2, 0) is 42.9 Å². The number of urea groups is 1. The number of halogens is 4. The van der Waals surface area contributed by atoms with Crippen LogP contribution in [0.1, 0.15) is 75.0 Å². The van der Waals surface area contributed by atoms with Crippen LogP contribution in [0.4, 0.5) is 34.1 Å². The highest BCUT2D eigenvalue weighted by Crippen LogP contribution is 2.38. The van der Waals surface area contributed by atoms with E-state index in [4.69, 9.17) is 26.8 Å². The summed E-state index contributed by atoms with van der Waals surface area (Å²) in [5.41, 5.74) is 5.74. The molecule has 5 amide bonds. The number of ether oxygens (including phenoxy) is 2. The summed E-state index contributed by atoms with van der Waals surface area (Å²) < 4.78 is 52.8. The maximum absolute atomic E-state index is 14.2. The largest absolute Gasteiger partial charge is 0.459 e. The van der Waals surface area contributed by atoms with Crippen molar-refractivity contribution in [2.45, 2.75) is 95.5 Å². The molecule has 4 aliphatic rings. The molecule has 1 atom stereocenters. The van der Waals surface area contributed by atoms with E-state index in [1.54, 1.807) is 9.80 Å². The summed E-state index contributed by atoms with van der Waals surface area (Å²) in [5.74, 6) is -2.02. The summed E-state index contributed by atoms with van der Waals surface area (Å²) in [7, 11) is 0. The number of amides is 5. The van der Waals surface area contributed by atoms with Gasteiger partial charge >= 0.3 is 30.2 Å². The average Bonchev–Trinajstić information content (AvgIpc) is 3.41. The Morgan fingerprint density at radius 1 is 0.867 bits per heavy atom. The maximum Gasteiger partial charge on any atom is 0.418 e. The number of nitrogen functional groups attached to an aromatic ring is 1. The summed E-state index contributed by atoms with van der Waals surface area (Å²) in [5, 5.41) is 2.65. The fourth-order valence-corrected chi connectivity index (χ4v) is 8.79. The van der Waals surface area contributed by atoms with E-state index in [0.29, 0.717) is 77.9 Å². The van der Waals surface area contributed by atoms with E-state index in [-0.39, 0.29) is 54.8 Å². The number of nitrogens with two attached hydrogens (primary N) is 1. The lowest BCUT2D eigenvalue weighted by Gasteiger charge is -2.43. The molecule has 2 aromatic carbocycles. The predicted octanol–water partition coefficient (Wildman–Crippen LogP) is 5.80. The van der Waals surface area contributed by atoms with E-state index < -0.39 is 47.4 Å². The van der Waals surface area contributed by atoms with Crippen LogP contribution >= 0.6 is 11.6 Å². The first-order valence-electron chi connectivity index (χ1n) is 21.0. The molecule has 4 heterocycles. The molecular formula is C42H55ClF3N7O7. The summed E-state index contributed by atoms with van der Waals surface area (Å²) in [6.45, 7) is 5.75. The van der Waals surface area contributed by atoms with Gasteiger partial charge in [0, 0.05) is 83.1 Å². The molecule has 3 fully saturated rings. The molecule has 4 aliphatic heterocycles. The smallest absolute Gasteiger partial charge is 0.418 e. The molecule has 18 heteroatoms. The lowest BCUT2D eigenvalue weighted by Crippen LogP contribution is -2.56. The zero-order chi connectivity index (χ0) is 43.0. The van der Waals surface area contributed by atoms with Crippen LogP contribution in [0.2, 0.25) is 5.02 Å². The van der Waals surface area contributed by atoms with Gasteiger partial charge in [-0.15, -0.1) is 0 Å². The number of unbranched alkanes of at least 4 members (excludes halogenated alkanes) is 3. The predicted molar refractivity (Wildman–Crippen MR) is 218 cm³/mol. The highest BCUT2D eigenvalue weighted by molar-refractivity contribution is 6.33. The fourth-order valence-electron chi connectivity index (χ4n) is 8.54. The average molecular weight is 862 g/mol. The van der Waals surface area contributed by atoms with Crippen LogP contribution in [-0.4, -0.2) is 138 Å². The first kappa shape index (κ1) is 44.8. The Morgan fingerprint density at radius 2 is 1.53 bits per heavy atom. The Balaban J connectivity index is 1.05. The summed E-state index contributed by atoms with van der Waals surface area (Å²) in [6.07, 6.45) is -0.882. The molecule has 3 saturated heterocycles. The van der Waals surface area contributed by atoms with Gasteiger partial charge in [0.1, 0.15) is 0 Å². The molecule has 0 saturated carbocycles. The minimum atomic E-state index is -4.81. The Bertz CT molecular complexity index is 1860. The van der Waals surface area contributed by atoms with Crippen LogP contribution in [0.5, 0.6) is 0 Å². The second-order valence-electron chi connectivity index (χ2n) is 15.9. The first-order valence-corrected chi connectivity index (χ1v) is 21.4. The van der Waals surface area contributed by atoms with Crippen LogP contribution in [0.25, 0.3) is 0 Å². The Morgan fingerprint density at radius 3 is 2.22 bits per heavy atom. The highest BCUT2D eigenvalue weighted by Gasteiger charge is 2.39. The second-order valence-corrected chi connectivity index (χ2v) is 16.4. The van der Waals surface area contributed by atoms with E-state index in [9.17, 15) is 37.1 Å². The summed E-state index contributed by atoms with van der Waals surface area (Å²) >= 11 is 6.14. The van der Waals surface area contributed by atoms with E-state index in [1.165, 1.54) is 15.9 Å². The number of alkyl halides is 3. The van der Waals surface area contributed by atoms with Crippen LogP contribution in [0.15, 0.2) is 36.4 Å². The third-order valence-electron chi connectivity index (χ3n) is 12.0. The van der Waals surface area contributed by atoms with Crippen molar-refractivity contribution in [3.63, 3.8) is 0 Å². The number of nitrogens with zero attached hydrogens (tertiary/aromatic N) is 5. The number of carbonyl (C=O) groups is 5. The quantitative estimate of drug-likeness (QED) is 0.123. The van der Waals surface area contributed by atoms with Gasteiger partial charge in [-0.2, -0.15) is 13.2 Å². The number of hydrogen-bond donors (Lipinski definition) is 2. The van der Waals surface area contributed by atoms with Gasteiger partial charge in [0.2, 0.25) is 0 Å². The number of carbonyl (C=O) groups excluding carboxylic acids is 5. The number of para-hydroxylation sites is 1. The molecule has 0 radical (unpaired) electrons. The van der Waals surface area contributed by atoms with E-state index in [1.807, 2.05) is 24.3 Å². The van der Waals surface area contributed by atoms with Gasteiger partial charge in [-0.3, -0.25) is 14.5 Å². The minimum absolute atomic E-state index is 0.0298. The topological polar surface area (TPSA) is 158 Å². The standard InChI is InChI=1S/C42H55ClF3N7O7/c1-2-3-4-7-24-59-39(56)38(55)51-22-20-49(21-23-51)30-11-15-50(16-12-30)37(54)35(27-28-25-32(42(44,45)46)36(47)33(43)26-28)60-41(58)52-17-13-31(14-18-52)53-19-10-29-8-5-6-9-34(29)48-40(53)57/h5-6,8-9,25-26,30-31,35H,2-4,7,10-24,27,47H2,1H3,(H,48,57)/t35-/m1/s1. The van der Waals surface area contributed by atoms with Crippen LogP contribution in [0, 0.1) is 0 Å². The molecule has 2 aromatic rings. The van der Waals surface area contributed by atoms with Gasteiger partial charge in [-0.1, -0.05) is 56.0 Å². The highest BCUT2D eigenvalue weighted by atomic mass is 35.5. The Labute approximate surface area is 353 Å². The third-order valence-corrected chi connectivity index (χ3v) is 12.4. The summed E-state index contributed by atoms with van der Waals surface area (Å²) in [4.78, 5) is 74.6. The normalized spacial score (nSPS) is 19.0. The number of fused-ring (bicyclic) bond motifs is 1. The molecule has 3 N–H and O–H groups in total. The van der Waals surface area contributed by atoms with Crippen molar-refractivity contribution in [2.24, 2.45) is 0 Å². The Hall–Kier alpha value is -4.77. The summed E-state index contributed by atoms with van der Waals surface area (Å²) in [6, 6.07) is 9.46. The zero-order valence-corrected chi connectivity index (χ0v) is 34.8. The van der Waals surface area contributed by atoms with Gasteiger partial charge in [0.15, 0.2) is 6.10 Å². The molecule has 6 rings (SSSR count). The first-order chi connectivity index (χ1) is 28.7. The van der Waals surface area contributed by atoms with Crippen molar-refractivity contribution in [3.05, 3.63) is 58.1 Å². The Kier molecular flexibility index (Phi) is 15.1. The zero-order valence-electron chi connectivity index (χ0n) is 34.0. The van der Waals surface area contributed by atoms with Crippen LogP contribution < -0.4 is 11.1 Å².